The molecule has 2 aromatic carbocycles. The third-order valence-electron chi connectivity index (χ3n) is 4.61. The van der Waals surface area contributed by atoms with E-state index in [1.807, 2.05) is 0 Å². The molecule has 0 aliphatic carbocycles. The van der Waals surface area contributed by atoms with Crippen LogP contribution in [0.4, 0.5) is 10.5 Å². The quantitative estimate of drug-likeness (QED) is 0.351. The molecule has 0 bridgehead atoms. The van der Waals surface area contributed by atoms with Crippen LogP contribution in [0, 0.1) is 0 Å². The van der Waals surface area contributed by atoms with Crippen LogP contribution in [0.2, 0.25) is 5.02 Å². The molecule has 2 heterocycles. The Morgan fingerprint density at radius 3 is 2.70 bits per heavy atom. The zero-order valence-corrected chi connectivity index (χ0v) is 19.2. The van der Waals surface area contributed by atoms with Crippen LogP contribution in [0.3, 0.4) is 0 Å². The Kier molecular flexibility index (Phi) is 6.25. The van der Waals surface area contributed by atoms with E-state index in [1.165, 1.54) is 37.5 Å². The van der Waals surface area contributed by atoms with Crippen LogP contribution in [-0.2, 0) is 19.1 Å². The minimum absolute atomic E-state index is 0.0253. The number of hydrogen-bond donors (Lipinski definition) is 1. The first kappa shape index (κ1) is 22.6. The number of anilines is 1. The molecule has 0 saturated carbocycles. The number of benzene rings is 2. The predicted octanol–water partition coefficient (Wildman–Crippen LogP) is 3.05. The highest BCUT2D eigenvalue weighted by Gasteiger charge is 2.37. The van der Waals surface area contributed by atoms with E-state index in [0.29, 0.717) is 21.5 Å². The molecule has 12 heteroatoms. The third kappa shape index (κ3) is 4.50. The molecule has 4 rings (SSSR count). The first-order valence-corrected chi connectivity index (χ1v) is 10.5. The van der Waals surface area contributed by atoms with Crippen molar-refractivity contribution in [2.24, 2.45) is 0 Å². The predicted molar refractivity (Wildman–Crippen MR) is 118 cm³/mol. The molecule has 0 aromatic heterocycles. The lowest BCUT2D eigenvalue weighted by atomic mass is 10.1. The number of methoxy groups -OCH3 is 1. The summed E-state index contributed by atoms with van der Waals surface area (Å²) in [4.78, 5) is 50.0. The maximum absolute atomic E-state index is 13.1. The average molecular weight is 538 g/mol. The number of amides is 4. The lowest BCUT2D eigenvalue weighted by Crippen LogP contribution is -2.54. The molecule has 0 spiro atoms. The van der Waals surface area contributed by atoms with Crippen LogP contribution in [0.15, 0.2) is 40.4 Å². The highest BCUT2D eigenvalue weighted by Crippen LogP contribution is 2.37. The molecule has 4 amide bonds. The molecule has 10 nitrogen and oxygen atoms in total. The van der Waals surface area contributed by atoms with Gasteiger partial charge in [-0.1, -0.05) is 11.6 Å². The Bertz CT molecular complexity index is 1210. The minimum atomic E-state index is -0.896. The first-order chi connectivity index (χ1) is 15.8. The Hall–Kier alpha value is -3.57. The van der Waals surface area contributed by atoms with Crippen molar-refractivity contribution in [2.75, 3.05) is 25.4 Å². The van der Waals surface area contributed by atoms with Crippen molar-refractivity contribution in [3.8, 4) is 17.2 Å². The number of nitrogens with one attached hydrogen (secondary N) is 1. The second-order valence-electron chi connectivity index (χ2n) is 6.67. The number of urea groups is 1. The van der Waals surface area contributed by atoms with Gasteiger partial charge in [-0.2, -0.15) is 0 Å². The van der Waals surface area contributed by atoms with Crippen molar-refractivity contribution in [2.45, 2.75) is 0 Å². The van der Waals surface area contributed by atoms with Gasteiger partial charge in [0.15, 0.2) is 23.9 Å². The Labute approximate surface area is 200 Å². The minimum Gasteiger partial charge on any atom is -0.479 e. The van der Waals surface area contributed by atoms with Gasteiger partial charge in [0, 0.05) is 6.07 Å². The summed E-state index contributed by atoms with van der Waals surface area (Å²) in [6.45, 7) is -0.333. The van der Waals surface area contributed by atoms with Gasteiger partial charge in [-0.15, -0.1) is 0 Å². The summed E-state index contributed by atoms with van der Waals surface area (Å²) in [6.07, 6.45) is 1.28. The van der Waals surface area contributed by atoms with Gasteiger partial charge in [0.1, 0.15) is 5.57 Å². The van der Waals surface area contributed by atoms with Gasteiger partial charge in [-0.25, -0.2) is 14.5 Å². The number of hydrogen-bond acceptors (Lipinski definition) is 8. The number of carbonyl (C=O) groups excluding carboxylic acids is 4. The number of imide groups is 2. The van der Waals surface area contributed by atoms with E-state index in [0.717, 1.165) is 4.90 Å². The molecule has 170 valence electrons. The summed E-state index contributed by atoms with van der Waals surface area (Å²) >= 11 is 9.53. The summed E-state index contributed by atoms with van der Waals surface area (Å²) in [7, 11) is 1.22. The monoisotopic (exact) mass is 536 g/mol. The lowest BCUT2D eigenvalue weighted by Gasteiger charge is -2.26. The number of nitrogens with zero attached hydrogens (tertiary/aromatic N) is 1. The molecular formula is C21H14BrClN2O8. The fourth-order valence-corrected chi connectivity index (χ4v) is 4.06. The zero-order valence-electron chi connectivity index (χ0n) is 16.8. The normalized spacial score (nSPS) is 16.2. The number of carbonyl (C=O) groups is 4. The largest absolute Gasteiger partial charge is 0.479 e. The number of esters is 1. The molecule has 0 unspecified atom stereocenters. The summed E-state index contributed by atoms with van der Waals surface area (Å²) in [5, 5.41) is 2.26. The van der Waals surface area contributed by atoms with Gasteiger partial charge in [0.05, 0.1) is 22.3 Å². The van der Waals surface area contributed by atoms with E-state index in [9.17, 15) is 19.2 Å². The molecule has 1 saturated heterocycles. The van der Waals surface area contributed by atoms with Gasteiger partial charge < -0.3 is 18.9 Å². The van der Waals surface area contributed by atoms with E-state index in [2.05, 4.69) is 26.0 Å². The van der Waals surface area contributed by atoms with Crippen LogP contribution < -0.4 is 24.4 Å². The van der Waals surface area contributed by atoms with Crippen LogP contribution in [0.25, 0.3) is 6.08 Å². The fourth-order valence-electron chi connectivity index (χ4n) is 3.07. The summed E-state index contributed by atoms with van der Waals surface area (Å²) < 4.78 is 20.8. The summed E-state index contributed by atoms with van der Waals surface area (Å²) in [5.74, 6) is -1.26. The third-order valence-corrected chi connectivity index (χ3v) is 5.48. The summed E-state index contributed by atoms with van der Waals surface area (Å²) in [6, 6.07) is 6.60. The summed E-state index contributed by atoms with van der Waals surface area (Å²) in [5.41, 5.74) is 0.278. The van der Waals surface area contributed by atoms with Crippen molar-refractivity contribution in [3.63, 3.8) is 0 Å². The number of fused-ring (bicyclic) bond motifs is 1. The van der Waals surface area contributed by atoms with E-state index in [-0.39, 0.29) is 35.4 Å². The standard InChI is InChI=1S/C21H14BrClN2O8/c1-30-17(26)8-31-18-13(22)5-10(6-14(18)23)4-12-19(27)24-21(29)25(20(12)28)11-2-3-15-16(7-11)33-9-32-15/h2-7H,8-9H2,1H3,(H,24,27,29)/b12-4+. The van der Waals surface area contributed by atoms with E-state index < -0.39 is 23.8 Å². The molecule has 1 N–H and O–H groups in total. The van der Waals surface area contributed by atoms with Crippen LogP contribution in [0.5, 0.6) is 17.2 Å². The van der Waals surface area contributed by atoms with Crippen molar-refractivity contribution >= 4 is 63.1 Å². The second kappa shape index (κ2) is 9.12. The molecule has 0 radical (unpaired) electrons. The molecular weight excluding hydrogens is 524 g/mol. The maximum Gasteiger partial charge on any atom is 0.343 e. The molecule has 2 aromatic rings. The SMILES string of the molecule is COC(=O)COc1c(Cl)cc(/C=C2\C(=O)NC(=O)N(c3ccc4c(c3)OCO4)C2=O)cc1Br. The number of halogens is 2. The van der Waals surface area contributed by atoms with Crippen molar-refractivity contribution in [1.82, 2.24) is 5.32 Å². The number of rotatable bonds is 5. The topological polar surface area (TPSA) is 120 Å². The Morgan fingerprint density at radius 1 is 1.21 bits per heavy atom. The van der Waals surface area contributed by atoms with Gasteiger partial charge in [0.2, 0.25) is 6.79 Å². The van der Waals surface area contributed by atoms with Crippen molar-refractivity contribution < 1.29 is 38.1 Å². The Morgan fingerprint density at radius 2 is 1.97 bits per heavy atom. The lowest BCUT2D eigenvalue weighted by molar-refractivity contribution is -0.143. The zero-order chi connectivity index (χ0) is 23.7. The van der Waals surface area contributed by atoms with Gasteiger partial charge in [0.25, 0.3) is 11.8 Å². The van der Waals surface area contributed by atoms with E-state index in [1.54, 1.807) is 6.07 Å². The van der Waals surface area contributed by atoms with Crippen LogP contribution in [0.1, 0.15) is 5.56 Å². The highest BCUT2D eigenvalue weighted by atomic mass is 79.9. The number of barbiturate groups is 1. The Balaban J connectivity index is 1.64. The highest BCUT2D eigenvalue weighted by molar-refractivity contribution is 9.10. The van der Waals surface area contributed by atoms with E-state index >= 15 is 0 Å². The van der Waals surface area contributed by atoms with Gasteiger partial charge in [-0.3, -0.25) is 14.9 Å². The van der Waals surface area contributed by atoms with Crippen LogP contribution >= 0.6 is 27.5 Å². The average Bonchev–Trinajstić information content (AvgIpc) is 3.23. The number of ether oxygens (including phenoxy) is 4. The molecule has 2 aliphatic rings. The smallest absolute Gasteiger partial charge is 0.343 e. The van der Waals surface area contributed by atoms with Gasteiger partial charge in [-0.05, 0) is 51.8 Å². The van der Waals surface area contributed by atoms with Crippen LogP contribution in [-0.4, -0.2) is 44.3 Å². The molecule has 2 aliphatic heterocycles. The maximum atomic E-state index is 13.1. The molecule has 0 atom stereocenters. The van der Waals surface area contributed by atoms with Crippen molar-refractivity contribution in [1.29, 1.82) is 0 Å². The fraction of sp³-hybridized carbons (Fsp3) is 0.143. The van der Waals surface area contributed by atoms with E-state index in [4.69, 9.17) is 25.8 Å². The first-order valence-electron chi connectivity index (χ1n) is 9.28. The van der Waals surface area contributed by atoms with Gasteiger partial charge >= 0.3 is 12.0 Å². The second-order valence-corrected chi connectivity index (χ2v) is 7.94. The van der Waals surface area contributed by atoms with Crippen molar-refractivity contribution in [3.05, 3.63) is 51.0 Å². The molecule has 1 fully saturated rings. The molecule has 33 heavy (non-hydrogen) atoms.